The molecule has 1 saturated carbocycles. The van der Waals surface area contributed by atoms with Crippen molar-refractivity contribution in [2.45, 2.75) is 37.6 Å². The number of nitrogens with one attached hydrogen (secondary N) is 1. The van der Waals surface area contributed by atoms with E-state index >= 15 is 0 Å². The molecule has 1 aromatic rings. The van der Waals surface area contributed by atoms with E-state index in [-0.39, 0.29) is 5.54 Å². The van der Waals surface area contributed by atoms with Crippen molar-refractivity contribution in [2.24, 2.45) is 5.92 Å². The van der Waals surface area contributed by atoms with Crippen molar-refractivity contribution < 1.29 is 0 Å². The van der Waals surface area contributed by atoms with E-state index in [9.17, 15) is 5.26 Å². The molecular weight excluding hydrogens is 258 g/mol. The molecular formula is C18H27N3. The lowest BCUT2D eigenvalue weighted by Crippen LogP contribution is -2.45. The SMILES string of the molecule is CNC1(C#N)CCCC1CCN(C)CCc1ccccc1. The minimum atomic E-state index is -0.278. The molecule has 1 aliphatic carbocycles. The highest BCUT2D eigenvalue weighted by molar-refractivity contribution is 5.15. The number of likely N-dealkylation sites (N-methyl/N-ethyl adjacent to an activating group) is 1. The molecule has 1 aliphatic rings. The van der Waals surface area contributed by atoms with Gasteiger partial charge in [-0.25, -0.2) is 0 Å². The fourth-order valence-corrected chi connectivity index (χ4v) is 3.45. The summed E-state index contributed by atoms with van der Waals surface area (Å²) >= 11 is 0. The number of benzene rings is 1. The number of nitriles is 1. The molecule has 0 radical (unpaired) electrons. The van der Waals surface area contributed by atoms with Crippen LogP contribution in [-0.4, -0.2) is 37.6 Å². The zero-order chi connectivity index (χ0) is 15.1. The predicted molar refractivity (Wildman–Crippen MR) is 87.0 cm³/mol. The van der Waals surface area contributed by atoms with Crippen molar-refractivity contribution in [3.63, 3.8) is 0 Å². The molecule has 0 amide bonds. The van der Waals surface area contributed by atoms with Crippen LogP contribution in [0.5, 0.6) is 0 Å². The van der Waals surface area contributed by atoms with Crippen LogP contribution < -0.4 is 5.32 Å². The van der Waals surface area contributed by atoms with Gasteiger partial charge in [0.05, 0.1) is 6.07 Å². The minimum absolute atomic E-state index is 0.278. The summed E-state index contributed by atoms with van der Waals surface area (Å²) in [6.07, 6.45) is 5.56. The van der Waals surface area contributed by atoms with Crippen LogP contribution in [0.15, 0.2) is 30.3 Å². The van der Waals surface area contributed by atoms with Crippen molar-refractivity contribution >= 4 is 0 Å². The molecule has 0 aliphatic heterocycles. The van der Waals surface area contributed by atoms with Crippen LogP contribution in [0.4, 0.5) is 0 Å². The molecule has 21 heavy (non-hydrogen) atoms. The normalized spacial score (nSPS) is 25.1. The van der Waals surface area contributed by atoms with E-state index in [1.54, 1.807) is 0 Å². The van der Waals surface area contributed by atoms with Crippen molar-refractivity contribution in [3.8, 4) is 6.07 Å². The third kappa shape index (κ3) is 4.06. The highest BCUT2D eigenvalue weighted by Crippen LogP contribution is 2.37. The molecule has 3 nitrogen and oxygen atoms in total. The Kier molecular flexibility index (Phi) is 5.78. The molecule has 1 N–H and O–H groups in total. The smallest absolute Gasteiger partial charge is 0.109 e. The highest BCUT2D eigenvalue weighted by Gasteiger charge is 2.41. The minimum Gasteiger partial charge on any atom is -0.306 e. The zero-order valence-corrected chi connectivity index (χ0v) is 13.3. The third-order valence-corrected chi connectivity index (χ3v) is 4.95. The molecule has 0 bridgehead atoms. The maximum Gasteiger partial charge on any atom is 0.109 e. The summed E-state index contributed by atoms with van der Waals surface area (Å²) in [5.74, 6) is 0.492. The first-order chi connectivity index (χ1) is 10.2. The first kappa shape index (κ1) is 16.0. The van der Waals surface area contributed by atoms with E-state index in [1.807, 2.05) is 7.05 Å². The Labute approximate surface area is 129 Å². The number of hydrogen-bond donors (Lipinski definition) is 1. The number of nitrogens with zero attached hydrogens (tertiary/aromatic N) is 2. The van der Waals surface area contributed by atoms with Gasteiger partial charge in [-0.3, -0.25) is 0 Å². The van der Waals surface area contributed by atoms with Gasteiger partial charge >= 0.3 is 0 Å². The van der Waals surface area contributed by atoms with E-state index in [1.165, 1.54) is 18.4 Å². The van der Waals surface area contributed by atoms with E-state index in [0.717, 1.165) is 32.4 Å². The number of hydrogen-bond acceptors (Lipinski definition) is 3. The Morgan fingerprint density at radius 1 is 1.33 bits per heavy atom. The second-order valence-corrected chi connectivity index (χ2v) is 6.25. The highest BCUT2D eigenvalue weighted by atomic mass is 15.1. The van der Waals surface area contributed by atoms with Gasteiger partial charge in [0, 0.05) is 6.54 Å². The lowest BCUT2D eigenvalue weighted by Gasteiger charge is -2.29. The Morgan fingerprint density at radius 3 is 2.76 bits per heavy atom. The third-order valence-electron chi connectivity index (χ3n) is 4.95. The summed E-state index contributed by atoms with van der Waals surface area (Å²) in [7, 11) is 4.12. The summed E-state index contributed by atoms with van der Waals surface area (Å²) < 4.78 is 0. The molecule has 114 valence electrons. The van der Waals surface area contributed by atoms with Crippen LogP contribution in [0, 0.1) is 17.2 Å². The van der Waals surface area contributed by atoms with Gasteiger partial charge in [0.2, 0.25) is 0 Å². The summed E-state index contributed by atoms with van der Waals surface area (Å²) in [6.45, 7) is 2.15. The predicted octanol–water partition coefficient (Wildman–Crippen LogP) is 2.83. The van der Waals surface area contributed by atoms with E-state index in [0.29, 0.717) is 5.92 Å². The maximum atomic E-state index is 9.48. The Morgan fingerprint density at radius 2 is 2.10 bits per heavy atom. The summed E-state index contributed by atoms with van der Waals surface area (Å²) in [5.41, 5.74) is 1.12. The summed E-state index contributed by atoms with van der Waals surface area (Å²) in [4.78, 5) is 2.39. The zero-order valence-electron chi connectivity index (χ0n) is 13.3. The fraction of sp³-hybridized carbons (Fsp3) is 0.611. The standard InChI is InChI=1S/C18H27N3/c1-20-18(15-19)12-6-9-17(18)11-14-21(2)13-10-16-7-4-3-5-8-16/h3-5,7-8,17,20H,6,9-14H2,1-2H3. The average Bonchev–Trinajstić information content (AvgIpc) is 2.95. The Bertz CT molecular complexity index is 465. The monoisotopic (exact) mass is 285 g/mol. The largest absolute Gasteiger partial charge is 0.306 e. The molecule has 1 aromatic carbocycles. The Balaban J connectivity index is 1.76. The molecule has 0 heterocycles. The van der Waals surface area contributed by atoms with Gasteiger partial charge in [-0.05, 0) is 57.8 Å². The molecule has 0 saturated heterocycles. The topological polar surface area (TPSA) is 39.1 Å². The first-order valence-electron chi connectivity index (χ1n) is 8.03. The first-order valence-corrected chi connectivity index (χ1v) is 8.03. The van der Waals surface area contributed by atoms with Crippen LogP contribution in [0.1, 0.15) is 31.2 Å². The lowest BCUT2D eigenvalue weighted by molar-refractivity contribution is 0.258. The second kappa shape index (κ2) is 7.59. The maximum absolute atomic E-state index is 9.48. The average molecular weight is 285 g/mol. The van der Waals surface area contributed by atoms with Gasteiger partial charge in [-0.15, -0.1) is 0 Å². The van der Waals surface area contributed by atoms with Crippen molar-refractivity contribution in [3.05, 3.63) is 35.9 Å². The Hall–Kier alpha value is -1.37. The number of rotatable bonds is 7. The van der Waals surface area contributed by atoms with E-state index in [4.69, 9.17) is 0 Å². The second-order valence-electron chi connectivity index (χ2n) is 6.25. The summed E-state index contributed by atoms with van der Waals surface area (Å²) in [5, 5.41) is 12.8. The van der Waals surface area contributed by atoms with E-state index in [2.05, 4.69) is 53.7 Å². The molecule has 2 rings (SSSR count). The lowest BCUT2D eigenvalue weighted by atomic mass is 9.86. The molecule has 2 atom stereocenters. The van der Waals surface area contributed by atoms with Crippen LogP contribution in [-0.2, 0) is 6.42 Å². The quantitative estimate of drug-likeness (QED) is 0.837. The molecule has 1 fully saturated rings. The van der Waals surface area contributed by atoms with Crippen LogP contribution in [0.2, 0.25) is 0 Å². The van der Waals surface area contributed by atoms with Gasteiger partial charge < -0.3 is 10.2 Å². The van der Waals surface area contributed by atoms with Crippen LogP contribution in [0.3, 0.4) is 0 Å². The van der Waals surface area contributed by atoms with Gasteiger partial charge in [0.1, 0.15) is 5.54 Å². The van der Waals surface area contributed by atoms with Gasteiger partial charge in [0.15, 0.2) is 0 Å². The van der Waals surface area contributed by atoms with Gasteiger partial charge in [-0.2, -0.15) is 5.26 Å². The van der Waals surface area contributed by atoms with Gasteiger partial charge in [0.25, 0.3) is 0 Å². The van der Waals surface area contributed by atoms with Gasteiger partial charge in [-0.1, -0.05) is 36.8 Å². The fourth-order valence-electron chi connectivity index (χ4n) is 3.45. The van der Waals surface area contributed by atoms with Crippen molar-refractivity contribution in [1.82, 2.24) is 10.2 Å². The van der Waals surface area contributed by atoms with Crippen molar-refractivity contribution in [2.75, 3.05) is 27.2 Å². The summed E-state index contributed by atoms with van der Waals surface area (Å²) in [6, 6.07) is 13.2. The van der Waals surface area contributed by atoms with Crippen LogP contribution >= 0.6 is 0 Å². The molecule has 0 aromatic heterocycles. The molecule has 0 spiro atoms. The van der Waals surface area contributed by atoms with Crippen molar-refractivity contribution in [1.29, 1.82) is 5.26 Å². The molecule has 3 heteroatoms. The van der Waals surface area contributed by atoms with Crippen LogP contribution in [0.25, 0.3) is 0 Å². The van der Waals surface area contributed by atoms with E-state index < -0.39 is 0 Å². The molecule has 2 unspecified atom stereocenters.